The smallest absolute Gasteiger partial charge is 0.161 e. The number of phenolic OH excluding ortho intramolecular Hbond substituents is 3. The van der Waals surface area contributed by atoms with Gasteiger partial charge >= 0.3 is 0 Å². The van der Waals surface area contributed by atoms with Crippen LogP contribution in [0.5, 0.6) is 17.2 Å². The topological polar surface area (TPSA) is 73.6 Å². The Bertz CT molecular complexity index is 483. The van der Waals surface area contributed by atoms with Gasteiger partial charge in [-0.2, -0.15) is 0 Å². The number of benzene rings is 1. The first-order valence-electron chi connectivity index (χ1n) is 4.34. The van der Waals surface area contributed by atoms with E-state index >= 15 is 0 Å². The normalized spacial score (nSPS) is 10.1. The predicted molar refractivity (Wildman–Crippen MR) is 54.7 cm³/mol. The van der Waals surface area contributed by atoms with Crippen LogP contribution in [0.25, 0.3) is 11.1 Å². The number of rotatable bonds is 1. The molecule has 2 aromatic rings. The zero-order valence-electron chi connectivity index (χ0n) is 7.75. The van der Waals surface area contributed by atoms with E-state index in [1.165, 1.54) is 6.07 Å². The van der Waals surface area contributed by atoms with Crippen molar-refractivity contribution in [2.45, 2.75) is 0 Å². The van der Waals surface area contributed by atoms with Crippen molar-refractivity contribution >= 4 is 0 Å². The van der Waals surface area contributed by atoms with Gasteiger partial charge in [-0.1, -0.05) is 0 Å². The van der Waals surface area contributed by atoms with E-state index in [4.69, 9.17) is 5.11 Å². The molecule has 0 spiro atoms. The molecule has 4 heteroatoms. The molecule has 1 aromatic heterocycles. The Kier molecular flexibility index (Phi) is 2.17. The van der Waals surface area contributed by atoms with E-state index in [9.17, 15) is 10.2 Å². The standard InChI is InChI=1S/C11H9NO3/c13-9-6-11(15)10(14)5-8(9)7-1-3-12-4-2-7/h1-6,13-15H. The summed E-state index contributed by atoms with van der Waals surface area (Å²) in [4.78, 5) is 3.85. The number of aromatic hydroxyl groups is 3. The molecule has 0 saturated carbocycles. The van der Waals surface area contributed by atoms with Crippen molar-refractivity contribution in [3.63, 3.8) is 0 Å². The fourth-order valence-electron chi connectivity index (χ4n) is 1.33. The highest BCUT2D eigenvalue weighted by Gasteiger charge is 2.08. The molecule has 0 aliphatic heterocycles. The van der Waals surface area contributed by atoms with Gasteiger partial charge in [-0.25, -0.2) is 0 Å². The lowest BCUT2D eigenvalue weighted by Gasteiger charge is -2.06. The van der Waals surface area contributed by atoms with Crippen LogP contribution in [-0.4, -0.2) is 20.3 Å². The summed E-state index contributed by atoms with van der Waals surface area (Å²) in [6.45, 7) is 0. The lowest BCUT2D eigenvalue weighted by atomic mass is 10.1. The fourth-order valence-corrected chi connectivity index (χ4v) is 1.33. The Morgan fingerprint density at radius 3 is 2.07 bits per heavy atom. The van der Waals surface area contributed by atoms with Crippen molar-refractivity contribution in [2.24, 2.45) is 0 Å². The lowest BCUT2D eigenvalue weighted by Crippen LogP contribution is -1.80. The summed E-state index contributed by atoms with van der Waals surface area (Å²) in [7, 11) is 0. The van der Waals surface area contributed by atoms with E-state index in [0.29, 0.717) is 5.56 Å². The molecule has 0 amide bonds. The van der Waals surface area contributed by atoms with Crippen molar-refractivity contribution in [1.82, 2.24) is 4.98 Å². The number of hydrogen-bond donors (Lipinski definition) is 3. The quantitative estimate of drug-likeness (QED) is 0.488. The molecule has 0 aliphatic rings. The van der Waals surface area contributed by atoms with Crippen molar-refractivity contribution in [3.8, 4) is 28.4 Å². The van der Waals surface area contributed by atoms with Gasteiger partial charge < -0.3 is 15.3 Å². The van der Waals surface area contributed by atoms with E-state index in [2.05, 4.69) is 4.98 Å². The van der Waals surface area contributed by atoms with Crippen molar-refractivity contribution in [1.29, 1.82) is 0 Å². The van der Waals surface area contributed by atoms with Crippen LogP contribution in [0.2, 0.25) is 0 Å². The third-order valence-corrected chi connectivity index (χ3v) is 2.08. The third-order valence-electron chi connectivity index (χ3n) is 2.08. The van der Waals surface area contributed by atoms with Gasteiger partial charge in [-0.05, 0) is 23.8 Å². The summed E-state index contributed by atoms with van der Waals surface area (Å²) >= 11 is 0. The van der Waals surface area contributed by atoms with Crippen LogP contribution in [0, 0.1) is 0 Å². The first kappa shape index (κ1) is 9.33. The SMILES string of the molecule is Oc1cc(O)c(-c2ccncc2)cc1O. The maximum atomic E-state index is 9.58. The summed E-state index contributed by atoms with van der Waals surface area (Å²) in [6.07, 6.45) is 3.16. The fraction of sp³-hybridized carbons (Fsp3) is 0. The molecule has 15 heavy (non-hydrogen) atoms. The van der Waals surface area contributed by atoms with Gasteiger partial charge in [-0.3, -0.25) is 4.98 Å². The molecule has 2 rings (SSSR count). The number of pyridine rings is 1. The number of nitrogens with zero attached hydrogens (tertiary/aromatic N) is 1. The zero-order chi connectivity index (χ0) is 10.8. The monoisotopic (exact) mass is 203 g/mol. The second kappa shape index (κ2) is 3.49. The van der Waals surface area contributed by atoms with Gasteiger partial charge in [0.2, 0.25) is 0 Å². The van der Waals surface area contributed by atoms with Gasteiger partial charge in [0.15, 0.2) is 11.5 Å². The second-order valence-corrected chi connectivity index (χ2v) is 3.09. The van der Waals surface area contributed by atoms with Crippen LogP contribution in [0.4, 0.5) is 0 Å². The first-order chi connectivity index (χ1) is 7.18. The number of aromatic nitrogens is 1. The molecule has 0 bridgehead atoms. The van der Waals surface area contributed by atoms with Gasteiger partial charge in [0.25, 0.3) is 0 Å². The lowest BCUT2D eigenvalue weighted by molar-refractivity contribution is 0.397. The second-order valence-electron chi connectivity index (χ2n) is 3.09. The van der Waals surface area contributed by atoms with Crippen LogP contribution in [-0.2, 0) is 0 Å². The minimum absolute atomic E-state index is 0.0866. The molecule has 0 radical (unpaired) electrons. The molecule has 0 fully saturated rings. The van der Waals surface area contributed by atoms with Crippen LogP contribution in [0.1, 0.15) is 0 Å². The molecule has 0 saturated heterocycles. The van der Waals surface area contributed by atoms with E-state index in [-0.39, 0.29) is 17.2 Å². The molecule has 4 nitrogen and oxygen atoms in total. The first-order valence-corrected chi connectivity index (χ1v) is 4.34. The Hall–Kier alpha value is -2.23. The summed E-state index contributed by atoms with van der Waals surface area (Å²) in [5.41, 5.74) is 1.17. The highest BCUT2D eigenvalue weighted by atomic mass is 16.3. The van der Waals surface area contributed by atoms with Crippen molar-refractivity contribution in [3.05, 3.63) is 36.7 Å². The van der Waals surface area contributed by atoms with Crippen LogP contribution < -0.4 is 0 Å². The van der Waals surface area contributed by atoms with Gasteiger partial charge in [-0.15, -0.1) is 0 Å². The molecule has 0 atom stereocenters. The van der Waals surface area contributed by atoms with E-state index in [0.717, 1.165) is 11.6 Å². The largest absolute Gasteiger partial charge is 0.507 e. The molecular weight excluding hydrogens is 194 g/mol. The molecule has 76 valence electrons. The summed E-state index contributed by atoms with van der Waals surface area (Å²) in [5.74, 6) is -0.693. The van der Waals surface area contributed by atoms with Crippen LogP contribution >= 0.6 is 0 Å². The van der Waals surface area contributed by atoms with E-state index in [1.54, 1.807) is 24.5 Å². The maximum absolute atomic E-state index is 9.58. The Morgan fingerprint density at radius 1 is 0.800 bits per heavy atom. The molecular formula is C11H9NO3. The average Bonchev–Trinajstić information content (AvgIpc) is 2.25. The van der Waals surface area contributed by atoms with Crippen LogP contribution in [0.3, 0.4) is 0 Å². The van der Waals surface area contributed by atoms with Crippen molar-refractivity contribution < 1.29 is 15.3 Å². The van der Waals surface area contributed by atoms with Gasteiger partial charge in [0.1, 0.15) is 5.75 Å². The highest BCUT2D eigenvalue weighted by Crippen LogP contribution is 2.37. The zero-order valence-corrected chi connectivity index (χ0v) is 7.75. The van der Waals surface area contributed by atoms with E-state index < -0.39 is 0 Å². The Morgan fingerprint density at radius 2 is 1.40 bits per heavy atom. The summed E-state index contributed by atoms with van der Waals surface area (Å²) in [5, 5.41) is 28.0. The third kappa shape index (κ3) is 1.69. The van der Waals surface area contributed by atoms with Crippen LogP contribution in [0.15, 0.2) is 36.7 Å². The molecule has 0 unspecified atom stereocenters. The van der Waals surface area contributed by atoms with Gasteiger partial charge in [0, 0.05) is 24.0 Å². The maximum Gasteiger partial charge on any atom is 0.161 e. The van der Waals surface area contributed by atoms with E-state index in [1.807, 2.05) is 0 Å². The molecule has 0 aliphatic carbocycles. The Balaban J connectivity index is 2.59. The van der Waals surface area contributed by atoms with Crippen molar-refractivity contribution in [2.75, 3.05) is 0 Å². The molecule has 1 heterocycles. The predicted octanol–water partition coefficient (Wildman–Crippen LogP) is 1.87. The number of phenols is 3. The minimum Gasteiger partial charge on any atom is -0.507 e. The highest BCUT2D eigenvalue weighted by molar-refractivity contribution is 5.73. The summed E-state index contributed by atoms with van der Waals surface area (Å²) in [6, 6.07) is 5.81. The Labute approximate surface area is 86.1 Å². The average molecular weight is 203 g/mol. The van der Waals surface area contributed by atoms with Gasteiger partial charge in [0.05, 0.1) is 0 Å². The number of hydrogen-bond acceptors (Lipinski definition) is 4. The minimum atomic E-state index is -0.342. The molecule has 3 N–H and O–H groups in total. The molecule has 1 aromatic carbocycles. The summed E-state index contributed by atoms with van der Waals surface area (Å²) < 4.78 is 0.